The van der Waals surface area contributed by atoms with E-state index in [0.29, 0.717) is 28.5 Å². The first-order valence-corrected chi connectivity index (χ1v) is 11.9. The minimum Gasteiger partial charge on any atom is -0.454 e. The zero-order valence-electron chi connectivity index (χ0n) is 19.8. The number of hydrogen-bond donors (Lipinski definition) is 2. The van der Waals surface area contributed by atoms with Crippen LogP contribution in [0.2, 0.25) is 0 Å². The number of halogens is 3. The highest BCUT2D eigenvalue weighted by molar-refractivity contribution is 5.84. The van der Waals surface area contributed by atoms with E-state index in [-0.39, 0.29) is 13.3 Å². The zero-order valence-corrected chi connectivity index (χ0v) is 19.8. The Morgan fingerprint density at radius 2 is 1.78 bits per heavy atom. The number of nitrogens with zero attached hydrogens (tertiary/aromatic N) is 5. The van der Waals surface area contributed by atoms with Crippen LogP contribution in [0, 0.1) is 0 Å². The van der Waals surface area contributed by atoms with Crippen molar-refractivity contribution < 1.29 is 22.6 Å². The summed E-state index contributed by atoms with van der Waals surface area (Å²) in [5, 5.41) is 3.12. The molecule has 9 nitrogen and oxygen atoms in total. The Morgan fingerprint density at radius 1 is 0.946 bits per heavy atom. The van der Waals surface area contributed by atoms with E-state index in [1.54, 1.807) is 6.07 Å². The van der Waals surface area contributed by atoms with Gasteiger partial charge in [-0.05, 0) is 35.4 Å². The van der Waals surface area contributed by atoms with Gasteiger partial charge >= 0.3 is 6.18 Å². The second-order valence-corrected chi connectivity index (χ2v) is 8.98. The normalized spacial score (nSPS) is 15.9. The number of anilines is 2. The predicted molar refractivity (Wildman–Crippen MR) is 131 cm³/mol. The highest BCUT2D eigenvalue weighted by atomic mass is 19.4. The lowest BCUT2D eigenvalue weighted by molar-refractivity contribution is -0.137. The molecule has 2 aromatic carbocycles. The molecule has 0 bridgehead atoms. The topological polar surface area (TPSA) is 91.4 Å². The minimum atomic E-state index is -4.38. The second kappa shape index (κ2) is 9.43. The maximum Gasteiger partial charge on any atom is 0.416 e. The molecule has 0 atom stereocenters. The molecular weight excluding hydrogens is 487 g/mol. The number of aromatic amines is 1. The van der Waals surface area contributed by atoms with E-state index in [4.69, 9.17) is 9.47 Å². The van der Waals surface area contributed by atoms with Gasteiger partial charge in [0.25, 0.3) is 0 Å². The van der Waals surface area contributed by atoms with Gasteiger partial charge in [-0.2, -0.15) is 18.2 Å². The van der Waals surface area contributed by atoms with Crippen molar-refractivity contribution in [1.82, 2.24) is 24.8 Å². The van der Waals surface area contributed by atoms with E-state index in [2.05, 4.69) is 41.1 Å². The molecule has 0 saturated carbocycles. The molecule has 0 amide bonds. The SMILES string of the molecule is FC(F)(F)c1cccc(CNc2ncnc3nc(N4CCN(Cc5ccc6c(c5)OCO6)CC4)[nH]c23)c1. The number of alkyl halides is 3. The van der Waals surface area contributed by atoms with Crippen LogP contribution in [0.4, 0.5) is 24.9 Å². The van der Waals surface area contributed by atoms with Crippen LogP contribution in [-0.4, -0.2) is 57.8 Å². The molecule has 1 saturated heterocycles. The van der Waals surface area contributed by atoms with Crippen LogP contribution >= 0.6 is 0 Å². The van der Waals surface area contributed by atoms with Gasteiger partial charge in [0.2, 0.25) is 12.7 Å². The molecule has 4 heterocycles. The third kappa shape index (κ3) is 4.96. The number of piperazine rings is 1. The van der Waals surface area contributed by atoms with Gasteiger partial charge in [-0.25, -0.2) is 9.97 Å². The van der Waals surface area contributed by atoms with E-state index in [1.165, 1.54) is 18.0 Å². The Bertz CT molecular complexity index is 1420. The van der Waals surface area contributed by atoms with E-state index < -0.39 is 11.7 Å². The molecule has 192 valence electrons. The molecule has 2 aliphatic heterocycles. The molecule has 0 unspecified atom stereocenters. The van der Waals surface area contributed by atoms with Gasteiger partial charge in [0, 0.05) is 39.3 Å². The maximum atomic E-state index is 13.0. The van der Waals surface area contributed by atoms with Gasteiger partial charge in [-0.3, -0.25) is 4.90 Å². The Labute approximate surface area is 210 Å². The summed E-state index contributed by atoms with van der Waals surface area (Å²) in [5.74, 6) is 2.75. The average Bonchev–Trinajstić information content (AvgIpc) is 3.55. The number of imidazole rings is 1. The lowest BCUT2D eigenvalue weighted by Gasteiger charge is -2.34. The summed E-state index contributed by atoms with van der Waals surface area (Å²) < 4.78 is 50.0. The quantitative estimate of drug-likeness (QED) is 0.401. The summed E-state index contributed by atoms with van der Waals surface area (Å²) in [5.41, 5.74) is 2.11. The number of fused-ring (bicyclic) bond motifs is 2. The standard InChI is InChI=1S/C25H24F3N7O2/c26-25(27,28)18-3-1-2-16(10-18)12-29-22-21-23(31-14-30-22)33-24(32-21)35-8-6-34(7-9-35)13-17-4-5-19-20(11-17)37-15-36-19/h1-5,10-11,14H,6-9,12-13,15H2,(H2,29,30,31,32,33). The monoisotopic (exact) mass is 511 g/mol. The Morgan fingerprint density at radius 3 is 2.62 bits per heavy atom. The van der Waals surface area contributed by atoms with Crippen LogP contribution in [0.5, 0.6) is 11.5 Å². The summed E-state index contributed by atoms with van der Waals surface area (Å²) >= 11 is 0. The summed E-state index contributed by atoms with van der Waals surface area (Å²) in [7, 11) is 0. The van der Waals surface area contributed by atoms with Gasteiger partial charge < -0.3 is 24.7 Å². The molecule has 0 spiro atoms. The first kappa shape index (κ1) is 23.3. The molecule has 2 N–H and O–H groups in total. The number of H-pyrrole nitrogens is 1. The Balaban J connectivity index is 1.10. The summed E-state index contributed by atoms with van der Waals surface area (Å²) in [6.07, 6.45) is -2.99. The summed E-state index contributed by atoms with van der Waals surface area (Å²) in [4.78, 5) is 21.0. The van der Waals surface area contributed by atoms with Crippen LogP contribution in [0.3, 0.4) is 0 Å². The third-order valence-corrected chi connectivity index (χ3v) is 6.51. The molecule has 2 aromatic heterocycles. The van der Waals surface area contributed by atoms with E-state index in [1.807, 2.05) is 12.1 Å². The van der Waals surface area contributed by atoms with Gasteiger partial charge in [0.15, 0.2) is 23.0 Å². The summed E-state index contributed by atoms with van der Waals surface area (Å²) in [6.45, 7) is 4.55. The van der Waals surface area contributed by atoms with Crippen LogP contribution < -0.4 is 19.7 Å². The molecule has 12 heteroatoms. The molecule has 6 rings (SSSR count). The fourth-order valence-electron chi connectivity index (χ4n) is 4.56. The fraction of sp³-hybridized carbons (Fsp3) is 0.320. The molecule has 1 fully saturated rings. The molecule has 4 aromatic rings. The van der Waals surface area contributed by atoms with E-state index in [0.717, 1.165) is 56.4 Å². The number of benzene rings is 2. The number of nitrogens with one attached hydrogen (secondary N) is 2. The van der Waals surface area contributed by atoms with E-state index in [9.17, 15) is 13.2 Å². The molecule has 2 aliphatic rings. The second-order valence-electron chi connectivity index (χ2n) is 8.98. The fourth-order valence-corrected chi connectivity index (χ4v) is 4.56. The van der Waals surface area contributed by atoms with Gasteiger partial charge in [0.05, 0.1) is 5.56 Å². The molecular formula is C25H24F3N7O2. The lowest BCUT2D eigenvalue weighted by atomic mass is 10.1. The largest absolute Gasteiger partial charge is 0.454 e. The average molecular weight is 512 g/mol. The highest BCUT2D eigenvalue weighted by Crippen LogP contribution is 2.33. The van der Waals surface area contributed by atoms with Crippen molar-refractivity contribution in [3.63, 3.8) is 0 Å². The van der Waals surface area contributed by atoms with E-state index >= 15 is 0 Å². The predicted octanol–water partition coefficient (Wildman–Crippen LogP) is 4.03. The van der Waals surface area contributed by atoms with Crippen LogP contribution in [0.1, 0.15) is 16.7 Å². The van der Waals surface area contributed by atoms with Crippen molar-refractivity contribution in [2.75, 3.05) is 43.2 Å². The lowest BCUT2D eigenvalue weighted by Crippen LogP contribution is -2.46. The van der Waals surface area contributed by atoms with Crippen molar-refractivity contribution in [2.45, 2.75) is 19.3 Å². The van der Waals surface area contributed by atoms with Crippen molar-refractivity contribution in [3.8, 4) is 11.5 Å². The van der Waals surface area contributed by atoms with Crippen molar-refractivity contribution in [2.24, 2.45) is 0 Å². The maximum absolute atomic E-state index is 13.0. The molecule has 0 aliphatic carbocycles. The number of ether oxygens (including phenoxy) is 2. The smallest absolute Gasteiger partial charge is 0.416 e. The molecule has 37 heavy (non-hydrogen) atoms. The zero-order chi connectivity index (χ0) is 25.4. The first-order valence-electron chi connectivity index (χ1n) is 11.9. The summed E-state index contributed by atoms with van der Waals surface area (Å²) in [6, 6.07) is 11.3. The van der Waals surface area contributed by atoms with Gasteiger partial charge in [-0.1, -0.05) is 18.2 Å². The van der Waals surface area contributed by atoms with Crippen molar-refractivity contribution in [3.05, 3.63) is 65.5 Å². The number of hydrogen-bond acceptors (Lipinski definition) is 8. The Hall–Kier alpha value is -4.06. The third-order valence-electron chi connectivity index (χ3n) is 6.51. The number of aromatic nitrogens is 4. The van der Waals surface area contributed by atoms with Crippen LogP contribution in [0.25, 0.3) is 11.2 Å². The Kier molecular flexibility index (Phi) is 5.95. The van der Waals surface area contributed by atoms with Gasteiger partial charge in [-0.15, -0.1) is 0 Å². The van der Waals surface area contributed by atoms with Crippen LogP contribution in [-0.2, 0) is 19.3 Å². The minimum absolute atomic E-state index is 0.183. The van der Waals surface area contributed by atoms with Gasteiger partial charge in [0.1, 0.15) is 11.8 Å². The number of rotatable bonds is 6. The van der Waals surface area contributed by atoms with Crippen molar-refractivity contribution in [1.29, 1.82) is 0 Å². The molecule has 0 radical (unpaired) electrons. The van der Waals surface area contributed by atoms with Crippen LogP contribution in [0.15, 0.2) is 48.8 Å². The first-order chi connectivity index (χ1) is 17.9. The van der Waals surface area contributed by atoms with Crippen molar-refractivity contribution >= 4 is 22.9 Å². The highest BCUT2D eigenvalue weighted by Gasteiger charge is 2.30.